The average Bonchev–Trinajstić information content (AvgIpc) is 2.36. The molecular weight excluding hydrogens is 228 g/mol. The Labute approximate surface area is 109 Å². The first-order valence-electron chi connectivity index (χ1n) is 6.11. The number of amides is 1. The summed E-state index contributed by atoms with van der Waals surface area (Å²) in [6.07, 6.45) is 1.19. The molecule has 4 nitrogen and oxygen atoms in total. The number of aryl methyl sites for hydroxylation is 1. The minimum atomic E-state index is -0.336. The lowest BCUT2D eigenvalue weighted by Gasteiger charge is -2.24. The van der Waals surface area contributed by atoms with Gasteiger partial charge in [-0.1, -0.05) is 12.1 Å². The minimum Gasteiger partial charge on any atom is -0.497 e. The molecule has 100 valence electrons. The van der Waals surface area contributed by atoms with Crippen molar-refractivity contribution in [1.82, 2.24) is 5.32 Å². The normalized spacial score (nSPS) is 11.1. The second-order valence-corrected chi connectivity index (χ2v) is 4.98. The van der Waals surface area contributed by atoms with Gasteiger partial charge in [0, 0.05) is 18.5 Å². The van der Waals surface area contributed by atoms with Gasteiger partial charge in [0.1, 0.15) is 5.75 Å². The Balaban J connectivity index is 2.42. The smallest absolute Gasteiger partial charge is 0.220 e. The van der Waals surface area contributed by atoms with Crippen LogP contribution in [0.15, 0.2) is 24.3 Å². The van der Waals surface area contributed by atoms with Crippen molar-refractivity contribution < 1.29 is 9.53 Å². The van der Waals surface area contributed by atoms with Gasteiger partial charge < -0.3 is 15.8 Å². The summed E-state index contributed by atoms with van der Waals surface area (Å²) in [5.41, 5.74) is 6.35. The summed E-state index contributed by atoms with van der Waals surface area (Å²) in [5, 5.41) is 2.91. The van der Waals surface area contributed by atoms with E-state index in [1.54, 1.807) is 7.11 Å². The Morgan fingerprint density at radius 2 is 1.94 bits per heavy atom. The van der Waals surface area contributed by atoms with Crippen LogP contribution in [0.2, 0.25) is 0 Å². The van der Waals surface area contributed by atoms with Crippen molar-refractivity contribution in [2.45, 2.75) is 32.2 Å². The number of ether oxygens (including phenoxy) is 1. The van der Waals surface area contributed by atoms with Crippen LogP contribution in [-0.2, 0) is 11.2 Å². The molecule has 1 aromatic carbocycles. The van der Waals surface area contributed by atoms with Crippen LogP contribution < -0.4 is 15.8 Å². The van der Waals surface area contributed by atoms with Crippen LogP contribution in [-0.4, -0.2) is 25.1 Å². The van der Waals surface area contributed by atoms with Crippen molar-refractivity contribution in [3.63, 3.8) is 0 Å². The molecule has 0 unspecified atom stereocenters. The van der Waals surface area contributed by atoms with Gasteiger partial charge in [-0.3, -0.25) is 4.79 Å². The van der Waals surface area contributed by atoms with E-state index in [-0.39, 0.29) is 11.4 Å². The molecule has 1 aromatic rings. The zero-order valence-corrected chi connectivity index (χ0v) is 11.3. The third-order valence-electron chi connectivity index (χ3n) is 2.79. The highest BCUT2D eigenvalue weighted by atomic mass is 16.5. The Bertz CT molecular complexity index is 385. The van der Waals surface area contributed by atoms with Crippen molar-refractivity contribution in [1.29, 1.82) is 0 Å². The fourth-order valence-corrected chi connectivity index (χ4v) is 1.54. The molecule has 18 heavy (non-hydrogen) atoms. The molecule has 1 rings (SSSR count). The maximum absolute atomic E-state index is 11.7. The molecule has 0 atom stereocenters. The molecule has 0 heterocycles. The summed E-state index contributed by atoms with van der Waals surface area (Å²) in [6, 6.07) is 7.74. The summed E-state index contributed by atoms with van der Waals surface area (Å²) < 4.78 is 5.08. The van der Waals surface area contributed by atoms with Gasteiger partial charge in [0.2, 0.25) is 5.91 Å². The van der Waals surface area contributed by atoms with E-state index in [4.69, 9.17) is 10.5 Å². The second kappa shape index (κ2) is 6.40. The SMILES string of the molecule is COc1ccc(CCC(=O)NC(C)(C)CN)cc1. The predicted octanol–water partition coefficient (Wildman–Crippen LogP) is 1.48. The molecule has 0 fully saturated rings. The largest absolute Gasteiger partial charge is 0.497 e. The molecule has 0 aliphatic rings. The second-order valence-electron chi connectivity index (χ2n) is 4.98. The van der Waals surface area contributed by atoms with Gasteiger partial charge in [0.15, 0.2) is 0 Å². The van der Waals surface area contributed by atoms with Crippen LogP contribution in [0.3, 0.4) is 0 Å². The van der Waals surface area contributed by atoms with Crippen molar-refractivity contribution in [3.8, 4) is 5.75 Å². The first-order chi connectivity index (χ1) is 8.46. The zero-order chi connectivity index (χ0) is 13.6. The maximum atomic E-state index is 11.7. The highest BCUT2D eigenvalue weighted by Gasteiger charge is 2.17. The summed E-state index contributed by atoms with van der Waals surface area (Å²) in [5.74, 6) is 0.855. The third kappa shape index (κ3) is 4.75. The van der Waals surface area contributed by atoms with Gasteiger partial charge in [-0.25, -0.2) is 0 Å². The molecule has 0 saturated heterocycles. The fourth-order valence-electron chi connectivity index (χ4n) is 1.54. The molecule has 1 amide bonds. The molecule has 0 spiro atoms. The number of benzene rings is 1. The van der Waals surface area contributed by atoms with Gasteiger partial charge in [-0.2, -0.15) is 0 Å². The Kier molecular flexibility index (Phi) is 5.16. The maximum Gasteiger partial charge on any atom is 0.220 e. The lowest BCUT2D eigenvalue weighted by atomic mass is 10.0. The summed E-state index contributed by atoms with van der Waals surface area (Å²) in [4.78, 5) is 11.7. The zero-order valence-electron chi connectivity index (χ0n) is 11.3. The fraction of sp³-hybridized carbons (Fsp3) is 0.500. The molecule has 0 aromatic heterocycles. The number of nitrogens with two attached hydrogens (primary N) is 1. The van der Waals surface area contributed by atoms with E-state index in [0.29, 0.717) is 13.0 Å². The summed E-state index contributed by atoms with van der Waals surface area (Å²) in [7, 11) is 1.64. The van der Waals surface area contributed by atoms with Gasteiger partial charge in [0.05, 0.1) is 7.11 Å². The number of methoxy groups -OCH3 is 1. The summed E-state index contributed by atoms with van der Waals surface area (Å²) in [6.45, 7) is 4.26. The first kappa shape index (κ1) is 14.5. The van der Waals surface area contributed by atoms with Crippen LogP contribution in [0, 0.1) is 0 Å². The van der Waals surface area contributed by atoms with E-state index in [2.05, 4.69) is 5.32 Å². The molecule has 3 N–H and O–H groups in total. The molecule has 0 aliphatic carbocycles. The van der Waals surface area contributed by atoms with Gasteiger partial charge >= 0.3 is 0 Å². The molecule has 0 saturated carbocycles. The number of hydrogen-bond donors (Lipinski definition) is 2. The Hall–Kier alpha value is -1.55. The Morgan fingerprint density at radius 3 is 2.44 bits per heavy atom. The van der Waals surface area contributed by atoms with E-state index in [1.807, 2.05) is 38.1 Å². The number of rotatable bonds is 6. The van der Waals surface area contributed by atoms with Crippen LogP contribution in [0.4, 0.5) is 0 Å². The topological polar surface area (TPSA) is 64.3 Å². The third-order valence-corrected chi connectivity index (χ3v) is 2.79. The van der Waals surface area contributed by atoms with Crippen LogP contribution in [0.25, 0.3) is 0 Å². The van der Waals surface area contributed by atoms with Crippen LogP contribution >= 0.6 is 0 Å². The predicted molar refractivity (Wildman–Crippen MR) is 72.6 cm³/mol. The molecule has 0 radical (unpaired) electrons. The highest BCUT2D eigenvalue weighted by molar-refractivity contribution is 5.77. The quantitative estimate of drug-likeness (QED) is 0.804. The molecule has 0 aliphatic heterocycles. The minimum absolute atomic E-state index is 0.0290. The van der Waals surface area contributed by atoms with Gasteiger partial charge in [0.25, 0.3) is 0 Å². The van der Waals surface area contributed by atoms with Crippen LogP contribution in [0.5, 0.6) is 5.75 Å². The molecule has 0 bridgehead atoms. The average molecular weight is 250 g/mol. The van der Waals surface area contributed by atoms with Crippen molar-refractivity contribution in [2.75, 3.05) is 13.7 Å². The standard InChI is InChI=1S/C14H22N2O2/c1-14(2,10-15)16-13(17)9-6-11-4-7-12(18-3)8-5-11/h4-5,7-8H,6,9-10,15H2,1-3H3,(H,16,17). The van der Waals surface area contributed by atoms with E-state index >= 15 is 0 Å². The van der Waals surface area contributed by atoms with Crippen molar-refractivity contribution in [2.24, 2.45) is 5.73 Å². The molecule has 4 heteroatoms. The first-order valence-corrected chi connectivity index (χ1v) is 6.11. The highest BCUT2D eigenvalue weighted by Crippen LogP contribution is 2.12. The van der Waals surface area contributed by atoms with Crippen molar-refractivity contribution in [3.05, 3.63) is 29.8 Å². The number of carbonyl (C=O) groups excluding carboxylic acids is 1. The number of nitrogens with one attached hydrogen (secondary N) is 1. The van der Waals surface area contributed by atoms with E-state index < -0.39 is 0 Å². The lowest BCUT2D eigenvalue weighted by molar-refractivity contribution is -0.122. The van der Waals surface area contributed by atoms with Crippen molar-refractivity contribution >= 4 is 5.91 Å². The monoisotopic (exact) mass is 250 g/mol. The van der Waals surface area contributed by atoms with Gasteiger partial charge in [-0.15, -0.1) is 0 Å². The van der Waals surface area contributed by atoms with Crippen LogP contribution in [0.1, 0.15) is 25.8 Å². The number of hydrogen-bond acceptors (Lipinski definition) is 3. The van der Waals surface area contributed by atoms with E-state index in [1.165, 1.54) is 0 Å². The summed E-state index contributed by atoms with van der Waals surface area (Å²) >= 11 is 0. The number of carbonyl (C=O) groups is 1. The lowest BCUT2D eigenvalue weighted by Crippen LogP contribution is -2.48. The van der Waals surface area contributed by atoms with E-state index in [9.17, 15) is 4.79 Å². The van der Waals surface area contributed by atoms with Gasteiger partial charge in [-0.05, 0) is 38.0 Å². The Morgan fingerprint density at radius 1 is 1.33 bits per heavy atom. The van der Waals surface area contributed by atoms with E-state index in [0.717, 1.165) is 17.7 Å². The molecular formula is C14H22N2O2.